The molecule has 0 atom stereocenters. The van der Waals surface area contributed by atoms with Gasteiger partial charge in [-0.25, -0.2) is 19.9 Å². The monoisotopic (exact) mass is 576 g/mol. The zero-order valence-electron chi connectivity index (χ0n) is 24.1. The molecule has 3 aromatic heterocycles. The summed E-state index contributed by atoms with van der Waals surface area (Å²) in [6.45, 7) is 0. The molecule has 45 heavy (non-hydrogen) atoms. The van der Waals surface area contributed by atoms with Crippen LogP contribution in [0.4, 0.5) is 0 Å². The van der Waals surface area contributed by atoms with E-state index in [1.165, 1.54) is 16.3 Å². The first-order chi connectivity index (χ1) is 22.3. The predicted molar refractivity (Wildman–Crippen MR) is 182 cm³/mol. The first kappa shape index (κ1) is 25.3. The Balaban J connectivity index is 1.23. The molecule has 5 nitrogen and oxygen atoms in total. The topological polar surface area (TPSA) is 64.7 Å². The van der Waals surface area contributed by atoms with E-state index in [-0.39, 0.29) is 0 Å². The highest BCUT2D eigenvalue weighted by Crippen LogP contribution is 2.37. The Morgan fingerprint density at radius 1 is 0.422 bits per heavy atom. The molecule has 3 heterocycles. The van der Waals surface area contributed by atoms with Crippen LogP contribution in [0.1, 0.15) is 0 Å². The lowest BCUT2D eigenvalue weighted by molar-refractivity contribution is 0.654. The number of benzene rings is 6. The van der Waals surface area contributed by atoms with Crippen LogP contribution >= 0.6 is 0 Å². The summed E-state index contributed by atoms with van der Waals surface area (Å²) in [5.74, 6) is 1.78. The molecule has 0 amide bonds. The molecule has 0 spiro atoms. The van der Waals surface area contributed by atoms with E-state index >= 15 is 0 Å². The maximum absolute atomic E-state index is 6.26. The van der Waals surface area contributed by atoms with E-state index in [1.54, 1.807) is 6.20 Å². The number of fused-ring (bicyclic) bond motifs is 5. The Morgan fingerprint density at radius 3 is 1.84 bits per heavy atom. The molecule has 0 saturated heterocycles. The third kappa shape index (κ3) is 4.33. The van der Waals surface area contributed by atoms with Gasteiger partial charge in [-0.2, -0.15) is 0 Å². The summed E-state index contributed by atoms with van der Waals surface area (Å²) in [5.41, 5.74) is 6.35. The van der Waals surface area contributed by atoms with E-state index < -0.39 is 0 Å². The quantitative estimate of drug-likeness (QED) is 0.209. The van der Waals surface area contributed by atoms with Gasteiger partial charge in [0, 0.05) is 28.3 Å². The number of pyridine rings is 1. The Bertz CT molecular complexity index is 2530. The highest BCUT2D eigenvalue weighted by atomic mass is 16.3. The second-order valence-corrected chi connectivity index (χ2v) is 11.1. The lowest BCUT2D eigenvalue weighted by atomic mass is 9.97. The lowest BCUT2D eigenvalue weighted by Gasteiger charge is -2.10. The fourth-order valence-electron chi connectivity index (χ4n) is 6.19. The van der Waals surface area contributed by atoms with Crippen LogP contribution in [-0.2, 0) is 0 Å². The number of hydrogen-bond donors (Lipinski definition) is 0. The number of rotatable bonds is 4. The molecule has 5 heteroatoms. The first-order valence-corrected chi connectivity index (χ1v) is 14.9. The smallest absolute Gasteiger partial charge is 0.228 e. The standard InChI is InChI=1S/C40H24N4O/c1-2-10-27(11-3-1)37-42-38(28-19-17-26(18-20-28)32-16-8-14-25-9-6-7-15-31(25)32)44-39(43-37)33-21-22-41-40-36(33)34-23-29-12-4-5-13-30(29)24-35(34)45-40/h1-24H. The number of furan rings is 1. The van der Waals surface area contributed by atoms with Crippen LogP contribution in [0.25, 0.3) is 88.9 Å². The van der Waals surface area contributed by atoms with Gasteiger partial charge in [0.25, 0.3) is 0 Å². The van der Waals surface area contributed by atoms with Crippen LogP contribution in [0.15, 0.2) is 150 Å². The van der Waals surface area contributed by atoms with E-state index in [0.29, 0.717) is 23.2 Å². The van der Waals surface area contributed by atoms with Gasteiger partial charge in [0.1, 0.15) is 5.58 Å². The zero-order chi connectivity index (χ0) is 29.7. The van der Waals surface area contributed by atoms with Crippen LogP contribution in [0.2, 0.25) is 0 Å². The molecule has 6 aromatic carbocycles. The average Bonchev–Trinajstić information content (AvgIpc) is 3.48. The third-order valence-electron chi connectivity index (χ3n) is 8.39. The minimum Gasteiger partial charge on any atom is -0.438 e. The summed E-state index contributed by atoms with van der Waals surface area (Å²) in [6, 6.07) is 47.9. The molecule has 0 N–H and O–H groups in total. The Hall–Kier alpha value is -6.20. The van der Waals surface area contributed by atoms with E-state index in [2.05, 4.69) is 96.0 Å². The molecule has 0 unspecified atom stereocenters. The van der Waals surface area contributed by atoms with Crippen molar-refractivity contribution in [3.8, 4) is 45.3 Å². The fraction of sp³-hybridized carbons (Fsp3) is 0. The van der Waals surface area contributed by atoms with Crippen molar-refractivity contribution in [3.05, 3.63) is 146 Å². The number of aromatic nitrogens is 4. The minimum absolute atomic E-state index is 0.556. The second kappa shape index (κ2) is 10.2. The molecule has 0 fully saturated rings. The summed E-state index contributed by atoms with van der Waals surface area (Å²) >= 11 is 0. The van der Waals surface area contributed by atoms with Crippen LogP contribution < -0.4 is 0 Å². The van der Waals surface area contributed by atoms with E-state index in [4.69, 9.17) is 19.4 Å². The van der Waals surface area contributed by atoms with Gasteiger partial charge < -0.3 is 4.42 Å². The van der Waals surface area contributed by atoms with E-state index in [9.17, 15) is 0 Å². The SMILES string of the molecule is c1ccc(-c2nc(-c3ccc(-c4cccc5ccccc45)cc3)nc(-c3ccnc4oc5cc6ccccc6cc5c34)n2)cc1. The molecular weight excluding hydrogens is 552 g/mol. The molecule has 0 bridgehead atoms. The largest absolute Gasteiger partial charge is 0.438 e. The van der Waals surface area contributed by atoms with Crippen LogP contribution in [0, 0.1) is 0 Å². The predicted octanol–water partition coefficient (Wildman–Crippen LogP) is 10.1. The zero-order valence-corrected chi connectivity index (χ0v) is 24.1. The normalized spacial score (nSPS) is 11.6. The summed E-state index contributed by atoms with van der Waals surface area (Å²) in [4.78, 5) is 19.6. The van der Waals surface area contributed by atoms with Crippen LogP contribution in [-0.4, -0.2) is 19.9 Å². The van der Waals surface area contributed by atoms with Crippen molar-refractivity contribution in [1.29, 1.82) is 0 Å². The highest BCUT2D eigenvalue weighted by molar-refractivity contribution is 6.14. The van der Waals surface area contributed by atoms with Gasteiger partial charge >= 0.3 is 0 Å². The third-order valence-corrected chi connectivity index (χ3v) is 8.39. The van der Waals surface area contributed by atoms with Gasteiger partial charge in [-0.05, 0) is 50.9 Å². The maximum atomic E-state index is 6.26. The minimum atomic E-state index is 0.556. The van der Waals surface area contributed by atoms with Crippen molar-refractivity contribution in [2.24, 2.45) is 0 Å². The molecule has 9 aromatic rings. The Labute approximate surface area is 258 Å². The molecule has 0 radical (unpaired) electrons. The van der Waals surface area contributed by atoms with E-state index in [1.807, 2.05) is 48.5 Å². The summed E-state index contributed by atoms with van der Waals surface area (Å²) < 4.78 is 6.26. The molecule has 210 valence electrons. The van der Waals surface area contributed by atoms with Gasteiger partial charge in [0.05, 0.1) is 5.39 Å². The molecule has 0 aliphatic carbocycles. The fourth-order valence-corrected chi connectivity index (χ4v) is 6.19. The molecule has 0 saturated carbocycles. The van der Waals surface area contributed by atoms with Crippen molar-refractivity contribution in [1.82, 2.24) is 19.9 Å². The van der Waals surface area contributed by atoms with E-state index in [0.717, 1.165) is 49.4 Å². The summed E-state index contributed by atoms with van der Waals surface area (Å²) in [5, 5.41) is 6.57. The summed E-state index contributed by atoms with van der Waals surface area (Å²) in [6.07, 6.45) is 1.75. The Morgan fingerprint density at radius 2 is 1.04 bits per heavy atom. The van der Waals surface area contributed by atoms with Gasteiger partial charge in [-0.15, -0.1) is 0 Å². The molecule has 0 aliphatic rings. The van der Waals surface area contributed by atoms with Crippen molar-refractivity contribution in [2.45, 2.75) is 0 Å². The molecule has 0 aliphatic heterocycles. The average molecular weight is 577 g/mol. The highest BCUT2D eigenvalue weighted by Gasteiger charge is 2.19. The van der Waals surface area contributed by atoms with Crippen molar-refractivity contribution >= 4 is 43.6 Å². The maximum Gasteiger partial charge on any atom is 0.228 e. The number of hydrogen-bond acceptors (Lipinski definition) is 5. The molecule has 9 rings (SSSR count). The lowest BCUT2D eigenvalue weighted by Crippen LogP contribution is -2.00. The first-order valence-electron chi connectivity index (χ1n) is 14.9. The van der Waals surface area contributed by atoms with Crippen molar-refractivity contribution in [3.63, 3.8) is 0 Å². The van der Waals surface area contributed by atoms with Gasteiger partial charge in [-0.1, -0.05) is 121 Å². The van der Waals surface area contributed by atoms with Crippen molar-refractivity contribution in [2.75, 3.05) is 0 Å². The van der Waals surface area contributed by atoms with Gasteiger partial charge in [-0.3, -0.25) is 0 Å². The summed E-state index contributed by atoms with van der Waals surface area (Å²) in [7, 11) is 0. The second-order valence-electron chi connectivity index (χ2n) is 11.1. The van der Waals surface area contributed by atoms with Gasteiger partial charge in [0.15, 0.2) is 17.5 Å². The number of nitrogens with zero attached hydrogens (tertiary/aromatic N) is 4. The Kier molecular flexibility index (Phi) is 5.74. The van der Waals surface area contributed by atoms with Crippen molar-refractivity contribution < 1.29 is 4.42 Å². The van der Waals surface area contributed by atoms with Crippen LogP contribution in [0.5, 0.6) is 0 Å². The van der Waals surface area contributed by atoms with Gasteiger partial charge in [0.2, 0.25) is 5.71 Å². The van der Waals surface area contributed by atoms with Crippen LogP contribution in [0.3, 0.4) is 0 Å². The molecular formula is C40H24N4O.